The average molecular weight is 433 g/mol. The van der Waals surface area contributed by atoms with Gasteiger partial charge in [0.2, 0.25) is 0 Å². The van der Waals surface area contributed by atoms with Crippen molar-refractivity contribution in [2.45, 2.75) is 50.7 Å². The number of carbonyl (C=O) groups is 2. The number of carbonyl (C=O) groups excluding carboxylic acids is 2. The normalized spacial score (nSPS) is 18.0. The number of benzene rings is 1. The van der Waals surface area contributed by atoms with Crippen molar-refractivity contribution in [3.05, 3.63) is 51.2 Å². The van der Waals surface area contributed by atoms with Gasteiger partial charge in [-0.2, -0.15) is 11.3 Å². The number of thiophene rings is 1. The number of rotatable bonds is 5. The second-order valence-electron chi connectivity index (χ2n) is 7.72. The Morgan fingerprint density at radius 2 is 1.83 bits per heavy atom. The summed E-state index contributed by atoms with van der Waals surface area (Å²) in [6, 6.07) is 7.35. The summed E-state index contributed by atoms with van der Waals surface area (Å²) < 4.78 is 6.07. The molecule has 2 aliphatic rings. The highest BCUT2D eigenvalue weighted by Gasteiger charge is 2.25. The number of likely N-dealkylation sites (tertiary alicyclic amines) is 1. The maximum absolute atomic E-state index is 12.4. The quantitative estimate of drug-likeness (QED) is 0.741. The molecule has 0 radical (unpaired) electrons. The summed E-state index contributed by atoms with van der Waals surface area (Å²) in [6.45, 7) is 1.33. The van der Waals surface area contributed by atoms with Gasteiger partial charge in [0.25, 0.3) is 11.8 Å². The smallest absolute Gasteiger partial charge is 0.254 e. The molecule has 1 saturated carbocycles. The maximum atomic E-state index is 12.4. The van der Waals surface area contributed by atoms with Crippen LogP contribution in [0.4, 0.5) is 0 Å². The molecule has 1 aliphatic carbocycles. The third-order valence-electron chi connectivity index (χ3n) is 5.68. The largest absolute Gasteiger partial charge is 0.489 e. The summed E-state index contributed by atoms with van der Waals surface area (Å²) in [5, 5.41) is 7.32. The Morgan fingerprint density at radius 3 is 2.48 bits per heavy atom. The molecule has 1 N–H and O–H groups in total. The van der Waals surface area contributed by atoms with E-state index in [4.69, 9.17) is 16.3 Å². The fraction of sp³-hybridized carbons (Fsp3) is 0.455. The van der Waals surface area contributed by atoms with E-state index in [0.717, 1.165) is 31.2 Å². The van der Waals surface area contributed by atoms with Crippen molar-refractivity contribution in [2.75, 3.05) is 13.1 Å². The van der Waals surface area contributed by atoms with Crippen LogP contribution in [0.2, 0.25) is 5.02 Å². The molecule has 1 aromatic heterocycles. The van der Waals surface area contributed by atoms with Crippen molar-refractivity contribution >= 4 is 34.8 Å². The van der Waals surface area contributed by atoms with Gasteiger partial charge in [0.05, 0.1) is 10.6 Å². The van der Waals surface area contributed by atoms with Crippen LogP contribution in [0.3, 0.4) is 0 Å². The number of nitrogens with zero attached hydrogens (tertiary/aromatic N) is 1. The first-order valence-electron chi connectivity index (χ1n) is 10.2. The molecule has 2 heterocycles. The minimum Gasteiger partial charge on any atom is -0.489 e. The lowest BCUT2D eigenvalue weighted by Gasteiger charge is -2.32. The molecule has 0 unspecified atom stereocenters. The SMILES string of the molecule is O=C(NC1CCCC1)c1ccc(OC2CCN(C(=O)c3ccsc3)CC2)c(Cl)c1. The van der Waals surface area contributed by atoms with Crippen molar-refractivity contribution < 1.29 is 14.3 Å². The van der Waals surface area contributed by atoms with Gasteiger partial charge >= 0.3 is 0 Å². The van der Waals surface area contributed by atoms with E-state index >= 15 is 0 Å². The summed E-state index contributed by atoms with van der Waals surface area (Å²) in [4.78, 5) is 26.7. The van der Waals surface area contributed by atoms with E-state index in [2.05, 4.69) is 5.32 Å². The highest BCUT2D eigenvalue weighted by atomic mass is 35.5. The van der Waals surface area contributed by atoms with Crippen molar-refractivity contribution in [3.63, 3.8) is 0 Å². The van der Waals surface area contributed by atoms with Gasteiger partial charge in [-0.25, -0.2) is 0 Å². The van der Waals surface area contributed by atoms with Crippen LogP contribution in [-0.2, 0) is 0 Å². The van der Waals surface area contributed by atoms with Crippen LogP contribution in [0.1, 0.15) is 59.2 Å². The fourth-order valence-electron chi connectivity index (χ4n) is 4.00. The molecule has 4 rings (SSSR count). The van der Waals surface area contributed by atoms with Crippen LogP contribution in [0.5, 0.6) is 5.75 Å². The molecule has 154 valence electrons. The van der Waals surface area contributed by atoms with Gasteiger partial charge in [0, 0.05) is 42.9 Å². The lowest BCUT2D eigenvalue weighted by atomic mass is 10.1. The van der Waals surface area contributed by atoms with Crippen molar-refractivity contribution in [1.82, 2.24) is 10.2 Å². The zero-order chi connectivity index (χ0) is 20.2. The van der Waals surface area contributed by atoms with Gasteiger partial charge in [-0.3, -0.25) is 9.59 Å². The fourth-order valence-corrected chi connectivity index (χ4v) is 4.86. The minimum atomic E-state index is -0.0781. The third kappa shape index (κ3) is 4.93. The minimum absolute atomic E-state index is 0.0113. The van der Waals surface area contributed by atoms with Crippen LogP contribution < -0.4 is 10.1 Å². The third-order valence-corrected chi connectivity index (χ3v) is 6.65. The molecule has 29 heavy (non-hydrogen) atoms. The molecular formula is C22H25ClN2O3S. The van der Waals surface area contributed by atoms with Crippen LogP contribution in [-0.4, -0.2) is 41.9 Å². The number of nitrogens with one attached hydrogen (secondary N) is 1. The van der Waals surface area contributed by atoms with Crippen molar-refractivity contribution in [2.24, 2.45) is 0 Å². The van der Waals surface area contributed by atoms with Gasteiger partial charge in [0.1, 0.15) is 11.9 Å². The first kappa shape index (κ1) is 20.2. The lowest BCUT2D eigenvalue weighted by molar-refractivity contribution is 0.0596. The first-order chi connectivity index (χ1) is 14.1. The molecule has 2 aromatic rings. The van der Waals surface area contributed by atoms with E-state index in [9.17, 15) is 9.59 Å². The van der Waals surface area contributed by atoms with E-state index < -0.39 is 0 Å². The Labute approximate surface area is 180 Å². The van der Waals surface area contributed by atoms with Gasteiger partial charge in [-0.15, -0.1) is 0 Å². The molecule has 5 nitrogen and oxygen atoms in total. The molecule has 0 spiro atoms. The summed E-state index contributed by atoms with van der Waals surface area (Å²) >= 11 is 7.92. The van der Waals surface area contributed by atoms with Gasteiger partial charge in [0.15, 0.2) is 0 Å². The second kappa shape index (κ2) is 9.18. The van der Waals surface area contributed by atoms with Crippen LogP contribution in [0.25, 0.3) is 0 Å². The number of amides is 2. The Bertz CT molecular complexity index is 857. The second-order valence-corrected chi connectivity index (χ2v) is 8.91. The first-order valence-corrected chi connectivity index (χ1v) is 11.5. The van der Waals surface area contributed by atoms with Gasteiger partial charge in [-0.05, 0) is 42.5 Å². The number of piperidine rings is 1. The summed E-state index contributed by atoms with van der Waals surface area (Å²) in [5.41, 5.74) is 1.31. The topological polar surface area (TPSA) is 58.6 Å². The Balaban J connectivity index is 1.30. The molecule has 2 amide bonds. The predicted octanol–water partition coefficient (Wildman–Crippen LogP) is 4.76. The summed E-state index contributed by atoms with van der Waals surface area (Å²) in [6.07, 6.45) is 5.98. The molecule has 7 heteroatoms. The predicted molar refractivity (Wildman–Crippen MR) is 115 cm³/mol. The zero-order valence-electron chi connectivity index (χ0n) is 16.2. The summed E-state index contributed by atoms with van der Waals surface area (Å²) in [7, 11) is 0. The van der Waals surface area contributed by atoms with E-state index in [-0.39, 0.29) is 24.0 Å². The Kier molecular flexibility index (Phi) is 6.40. The molecule has 1 aromatic carbocycles. The van der Waals surface area contributed by atoms with E-state index in [1.165, 1.54) is 24.2 Å². The molecule has 1 aliphatic heterocycles. The van der Waals surface area contributed by atoms with E-state index in [0.29, 0.717) is 29.4 Å². The number of ether oxygens (including phenoxy) is 1. The molecule has 1 saturated heterocycles. The lowest BCUT2D eigenvalue weighted by Crippen LogP contribution is -2.41. The molecular weight excluding hydrogens is 408 g/mol. The van der Waals surface area contributed by atoms with Crippen molar-refractivity contribution in [3.8, 4) is 5.75 Å². The molecule has 0 bridgehead atoms. The van der Waals surface area contributed by atoms with E-state index in [1.54, 1.807) is 18.2 Å². The number of hydrogen-bond donors (Lipinski definition) is 1. The Morgan fingerprint density at radius 1 is 1.07 bits per heavy atom. The highest BCUT2D eigenvalue weighted by Crippen LogP contribution is 2.29. The summed E-state index contributed by atoms with van der Waals surface area (Å²) in [5.74, 6) is 0.595. The zero-order valence-corrected chi connectivity index (χ0v) is 17.8. The van der Waals surface area contributed by atoms with Crippen LogP contribution >= 0.6 is 22.9 Å². The number of hydrogen-bond acceptors (Lipinski definition) is 4. The molecule has 0 atom stereocenters. The van der Waals surface area contributed by atoms with Gasteiger partial charge < -0.3 is 15.0 Å². The van der Waals surface area contributed by atoms with Crippen LogP contribution in [0, 0.1) is 0 Å². The standard InChI is InChI=1S/C22H25ClN2O3S/c23-19-13-15(21(26)24-17-3-1-2-4-17)5-6-20(19)28-18-7-10-25(11-8-18)22(27)16-9-12-29-14-16/h5-6,9,12-14,17-18H,1-4,7-8,10-11H2,(H,24,26). The van der Waals surface area contributed by atoms with Crippen molar-refractivity contribution in [1.29, 1.82) is 0 Å². The number of halogens is 1. The molecule has 2 fully saturated rings. The monoisotopic (exact) mass is 432 g/mol. The van der Waals surface area contributed by atoms with Gasteiger partial charge in [-0.1, -0.05) is 24.4 Å². The Hall–Kier alpha value is -2.05. The maximum Gasteiger partial charge on any atom is 0.254 e. The highest BCUT2D eigenvalue weighted by molar-refractivity contribution is 7.08. The van der Waals surface area contributed by atoms with Crippen LogP contribution in [0.15, 0.2) is 35.0 Å². The van der Waals surface area contributed by atoms with E-state index in [1.807, 2.05) is 21.7 Å². The average Bonchev–Trinajstić information content (AvgIpc) is 3.44.